The van der Waals surface area contributed by atoms with E-state index in [0.29, 0.717) is 0 Å². The van der Waals surface area contributed by atoms with E-state index in [1.165, 1.54) is 0 Å². The first kappa shape index (κ1) is 10.7. The summed E-state index contributed by atoms with van der Waals surface area (Å²) in [6.07, 6.45) is -4.60. The second kappa shape index (κ2) is 4.56. The van der Waals surface area contributed by atoms with E-state index >= 15 is 0 Å². The number of halogens is 3. The van der Waals surface area contributed by atoms with Crippen LogP contribution in [0.4, 0.5) is 13.2 Å². The van der Waals surface area contributed by atoms with Crippen molar-refractivity contribution >= 4 is 0 Å². The van der Waals surface area contributed by atoms with E-state index in [4.69, 9.17) is 4.74 Å². The smallest absolute Gasteiger partial charge is 0.376 e. The zero-order valence-corrected chi connectivity index (χ0v) is 6.44. The van der Waals surface area contributed by atoms with Crippen molar-refractivity contribution in [3.63, 3.8) is 0 Å². The van der Waals surface area contributed by atoms with Crippen molar-refractivity contribution < 1.29 is 22.6 Å². The molecule has 0 spiro atoms. The number of rotatable bonds is 4. The molecule has 2 nitrogen and oxygen atoms in total. The third-order valence-corrected chi connectivity index (χ3v) is 0.800. The van der Waals surface area contributed by atoms with Crippen molar-refractivity contribution in [2.45, 2.75) is 26.3 Å². The summed E-state index contributed by atoms with van der Waals surface area (Å²) >= 11 is 0. The summed E-state index contributed by atoms with van der Waals surface area (Å²) in [5, 5.41) is 0. The maximum Gasteiger partial charge on any atom is 0.522 e. The van der Waals surface area contributed by atoms with Gasteiger partial charge in [-0.3, -0.25) is 4.74 Å². The molecular weight excluding hydrogens is 161 g/mol. The van der Waals surface area contributed by atoms with Crippen LogP contribution < -0.4 is 0 Å². The normalized spacial score (nSPS) is 12.5. The van der Waals surface area contributed by atoms with Crippen LogP contribution >= 0.6 is 0 Å². The van der Waals surface area contributed by atoms with Crippen molar-refractivity contribution in [3.05, 3.63) is 0 Å². The van der Waals surface area contributed by atoms with Crippen LogP contribution in [-0.4, -0.2) is 25.7 Å². The molecule has 0 aliphatic rings. The quantitative estimate of drug-likeness (QED) is 0.603. The second-order valence-corrected chi connectivity index (χ2v) is 2.21. The minimum Gasteiger partial charge on any atom is -0.376 e. The van der Waals surface area contributed by atoms with E-state index in [0.717, 1.165) is 0 Å². The van der Waals surface area contributed by atoms with Crippen LogP contribution in [0, 0.1) is 0 Å². The molecule has 0 N–H and O–H groups in total. The molecule has 0 radical (unpaired) electrons. The molecular formula is C6H11F3O2. The Morgan fingerprint density at radius 2 is 1.73 bits per heavy atom. The summed E-state index contributed by atoms with van der Waals surface area (Å²) in [6, 6.07) is 0. The van der Waals surface area contributed by atoms with Crippen LogP contribution in [0.25, 0.3) is 0 Å². The zero-order valence-electron chi connectivity index (χ0n) is 6.44. The maximum absolute atomic E-state index is 11.3. The molecule has 0 unspecified atom stereocenters. The Kier molecular flexibility index (Phi) is 4.44. The van der Waals surface area contributed by atoms with Gasteiger partial charge in [-0.2, -0.15) is 0 Å². The average molecular weight is 172 g/mol. The van der Waals surface area contributed by atoms with Crippen LogP contribution in [0.5, 0.6) is 0 Å². The van der Waals surface area contributed by atoms with E-state index in [-0.39, 0.29) is 12.7 Å². The molecule has 0 heterocycles. The second-order valence-electron chi connectivity index (χ2n) is 2.21. The minimum atomic E-state index is -4.54. The molecule has 5 heteroatoms. The van der Waals surface area contributed by atoms with Gasteiger partial charge in [0.2, 0.25) is 0 Å². The van der Waals surface area contributed by atoms with Gasteiger partial charge in [0.05, 0.1) is 19.3 Å². The summed E-state index contributed by atoms with van der Waals surface area (Å²) in [5.41, 5.74) is 0. The van der Waals surface area contributed by atoms with Crippen LogP contribution in [0.3, 0.4) is 0 Å². The highest BCUT2D eigenvalue weighted by Crippen LogP contribution is 2.15. The molecule has 0 aliphatic heterocycles. The molecule has 0 aromatic carbocycles. The third-order valence-electron chi connectivity index (χ3n) is 0.800. The summed E-state index contributed by atoms with van der Waals surface area (Å²) in [5.74, 6) is 0. The lowest BCUT2D eigenvalue weighted by molar-refractivity contribution is -0.327. The van der Waals surface area contributed by atoms with Crippen LogP contribution in [0.2, 0.25) is 0 Å². The highest BCUT2D eigenvalue weighted by Gasteiger charge is 2.28. The largest absolute Gasteiger partial charge is 0.522 e. The summed E-state index contributed by atoms with van der Waals surface area (Å²) < 4.78 is 42.2. The fourth-order valence-electron chi connectivity index (χ4n) is 0.441. The highest BCUT2D eigenvalue weighted by atomic mass is 19.4. The van der Waals surface area contributed by atoms with Gasteiger partial charge >= 0.3 is 6.36 Å². The average Bonchev–Trinajstić information content (AvgIpc) is 1.78. The Morgan fingerprint density at radius 3 is 2.09 bits per heavy atom. The Bertz CT molecular complexity index is 100. The van der Waals surface area contributed by atoms with E-state index < -0.39 is 13.0 Å². The minimum absolute atomic E-state index is 0.0306. The third kappa shape index (κ3) is 9.71. The van der Waals surface area contributed by atoms with Gasteiger partial charge in [0, 0.05) is 0 Å². The lowest BCUT2D eigenvalue weighted by Gasteiger charge is -2.09. The molecule has 0 amide bonds. The number of hydrogen-bond acceptors (Lipinski definition) is 2. The molecule has 11 heavy (non-hydrogen) atoms. The molecule has 0 aromatic heterocycles. The van der Waals surface area contributed by atoms with Crippen molar-refractivity contribution in [1.29, 1.82) is 0 Å². The molecule has 68 valence electrons. The van der Waals surface area contributed by atoms with E-state index in [2.05, 4.69) is 4.74 Å². The van der Waals surface area contributed by atoms with E-state index in [1.54, 1.807) is 13.8 Å². The summed E-state index contributed by atoms with van der Waals surface area (Å²) in [4.78, 5) is 0. The molecule has 0 rings (SSSR count). The number of ether oxygens (including phenoxy) is 2. The highest BCUT2D eigenvalue weighted by molar-refractivity contribution is 4.37. The maximum atomic E-state index is 11.3. The monoisotopic (exact) mass is 172 g/mol. The van der Waals surface area contributed by atoms with Crippen molar-refractivity contribution in [1.82, 2.24) is 0 Å². The molecule has 0 saturated carbocycles. The van der Waals surface area contributed by atoms with Gasteiger partial charge in [-0.1, -0.05) is 0 Å². The molecule has 0 aromatic rings. The lowest BCUT2D eigenvalue weighted by Crippen LogP contribution is -2.18. The predicted molar refractivity (Wildman–Crippen MR) is 33.1 cm³/mol. The van der Waals surface area contributed by atoms with Crippen molar-refractivity contribution in [2.75, 3.05) is 13.2 Å². The standard InChI is InChI=1S/C6H11F3O2/c1-5(2)10-3-4-11-6(7,8)9/h5H,3-4H2,1-2H3. The SMILES string of the molecule is CC(C)OCCOC(F)(F)F. The Morgan fingerprint density at radius 1 is 1.18 bits per heavy atom. The summed E-state index contributed by atoms with van der Waals surface area (Å²) in [6.45, 7) is 3.01. The molecule has 0 fully saturated rings. The molecule has 0 atom stereocenters. The molecule has 0 saturated heterocycles. The number of hydrogen-bond donors (Lipinski definition) is 0. The molecule has 0 bridgehead atoms. The van der Waals surface area contributed by atoms with Crippen LogP contribution in [0.1, 0.15) is 13.8 Å². The predicted octanol–water partition coefficient (Wildman–Crippen LogP) is 1.95. The molecule has 0 aliphatic carbocycles. The van der Waals surface area contributed by atoms with E-state index in [1.807, 2.05) is 0 Å². The van der Waals surface area contributed by atoms with Gasteiger partial charge in [0.15, 0.2) is 0 Å². The summed E-state index contributed by atoms with van der Waals surface area (Å²) in [7, 11) is 0. The van der Waals surface area contributed by atoms with Gasteiger partial charge in [-0.15, -0.1) is 13.2 Å². The van der Waals surface area contributed by atoms with Gasteiger partial charge in [0.25, 0.3) is 0 Å². The van der Waals surface area contributed by atoms with Crippen LogP contribution in [-0.2, 0) is 9.47 Å². The van der Waals surface area contributed by atoms with Gasteiger partial charge in [0.1, 0.15) is 0 Å². The van der Waals surface area contributed by atoms with Crippen molar-refractivity contribution in [2.24, 2.45) is 0 Å². The first-order chi connectivity index (χ1) is 4.92. The Balaban J connectivity index is 3.15. The van der Waals surface area contributed by atoms with Crippen molar-refractivity contribution in [3.8, 4) is 0 Å². The zero-order chi connectivity index (χ0) is 8.91. The van der Waals surface area contributed by atoms with Crippen LogP contribution in [0.15, 0.2) is 0 Å². The van der Waals surface area contributed by atoms with Gasteiger partial charge < -0.3 is 4.74 Å². The fraction of sp³-hybridized carbons (Fsp3) is 1.00. The first-order valence-corrected chi connectivity index (χ1v) is 3.24. The lowest BCUT2D eigenvalue weighted by atomic mass is 10.5. The Hall–Kier alpha value is -0.290. The fourth-order valence-corrected chi connectivity index (χ4v) is 0.441. The van der Waals surface area contributed by atoms with Gasteiger partial charge in [-0.05, 0) is 13.8 Å². The van der Waals surface area contributed by atoms with Gasteiger partial charge in [-0.25, -0.2) is 0 Å². The Labute approximate surface area is 63.3 Å². The first-order valence-electron chi connectivity index (χ1n) is 3.24. The van der Waals surface area contributed by atoms with E-state index in [9.17, 15) is 13.2 Å². The number of alkyl halides is 3. The topological polar surface area (TPSA) is 18.5 Å².